The van der Waals surface area contributed by atoms with Crippen LogP contribution >= 0.6 is 0 Å². The van der Waals surface area contributed by atoms with E-state index in [-0.39, 0.29) is 10.8 Å². The van der Waals surface area contributed by atoms with Crippen molar-refractivity contribution in [3.05, 3.63) is 23.8 Å². The Morgan fingerprint density at radius 3 is 2.59 bits per heavy atom. The van der Waals surface area contributed by atoms with Gasteiger partial charge in [0.1, 0.15) is 0 Å². The van der Waals surface area contributed by atoms with Crippen LogP contribution in [-0.2, 0) is 21.4 Å². The second kappa shape index (κ2) is 3.53. The molecule has 4 nitrogen and oxygen atoms in total. The summed E-state index contributed by atoms with van der Waals surface area (Å²) in [4.78, 5) is 11.3. The molecular formula is C11H12FNO3S. The van der Waals surface area contributed by atoms with Gasteiger partial charge in [0.05, 0.1) is 4.90 Å². The Balaban J connectivity index is 2.52. The molecule has 6 heteroatoms. The maximum atomic E-state index is 12.8. The van der Waals surface area contributed by atoms with E-state index in [2.05, 4.69) is 5.32 Å². The van der Waals surface area contributed by atoms with E-state index in [1.54, 1.807) is 13.8 Å². The van der Waals surface area contributed by atoms with Crippen LogP contribution in [0.15, 0.2) is 23.1 Å². The monoisotopic (exact) mass is 257 g/mol. The molecule has 0 radical (unpaired) electrons. The summed E-state index contributed by atoms with van der Waals surface area (Å²) in [6, 6.07) is 3.83. The molecule has 0 atom stereocenters. The highest BCUT2D eigenvalue weighted by Gasteiger charge is 2.33. The minimum atomic E-state index is -4.70. The van der Waals surface area contributed by atoms with Crippen LogP contribution in [0.5, 0.6) is 0 Å². The van der Waals surface area contributed by atoms with Crippen molar-refractivity contribution in [2.45, 2.75) is 25.2 Å². The van der Waals surface area contributed by atoms with Crippen molar-refractivity contribution >= 4 is 21.8 Å². The van der Waals surface area contributed by atoms with Crippen LogP contribution in [0.1, 0.15) is 19.4 Å². The number of halogens is 1. The Hall–Kier alpha value is -1.43. The van der Waals surface area contributed by atoms with Gasteiger partial charge in [0.2, 0.25) is 5.91 Å². The minimum absolute atomic E-state index is 0.124. The van der Waals surface area contributed by atoms with Crippen LogP contribution in [0.4, 0.5) is 9.57 Å². The molecule has 0 aliphatic carbocycles. The van der Waals surface area contributed by atoms with Gasteiger partial charge in [0.15, 0.2) is 0 Å². The molecule has 0 aromatic heterocycles. The van der Waals surface area contributed by atoms with Gasteiger partial charge < -0.3 is 5.32 Å². The Morgan fingerprint density at radius 1 is 1.35 bits per heavy atom. The smallest absolute Gasteiger partial charge is 0.325 e. The van der Waals surface area contributed by atoms with Crippen LogP contribution in [0.25, 0.3) is 0 Å². The summed E-state index contributed by atoms with van der Waals surface area (Å²) in [6.45, 7) is 3.50. The molecule has 0 saturated heterocycles. The summed E-state index contributed by atoms with van der Waals surface area (Å²) in [5.74, 6) is -0.124. The fraction of sp³-hybridized carbons (Fsp3) is 0.364. The van der Waals surface area contributed by atoms with E-state index in [0.717, 1.165) is 6.07 Å². The molecule has 92 valence electrons. The van der Waals surface area contributed by atoms with Gasteiger partial charge in [-0.3, -0.25) is 4.79 Å². The molecular weight excluding hydrogens is 245 g/mol. The van der Waals surface area contributed by atoms with Crippen LogP contribution in [0, 0.1) is 5.41 Å². The Morgan fingerprint density at radius 2 is 2.00 bits per heavy atom. The van der Waals surface area contributed by atoms with Crippen molar-refractivity contribution < 1.29 is 17.1 Å². The second-order valence-corrected chi connectivity index (χ2v) is 6.12. The maximum Gasteiger partial charge on any atom is 0.332 e. The minimum Gasteiger partial charge on any atom is -0.325 e. The van der Waals surface area contributed by atoms with Crippen molar-refractivity contribution in [2.75, 3.05) is 5.32 Å². The molecule has 17 heavy (non-hydrogen) atoms. The van der Waals surface area contributed by atoms with Crippen molar-refractivity contribution in [3.63, 3.8) is 0 Å². The van der Waals surface area contributed by atoms with Gasteiger partial charge >= 0.3 is 10.2 Å². The fourth-order valence-electron chi connectivity index (χ4n) is 1.84. The third-order valence-electron chi connectivity index (χ3n) is 2.85. The van der Waals surface area contributed by atoms with Crippen LogP contribution < -0.4 is 5.32 Å². The van der Waals surface area contributed by atoms with E-state index in [1.807, 2.05) is 0 Å². The summed E-state index contributed by atoms with van der Waals surface area (Å²) >= 11 is 0. The first-order chi connectivity index (χ1) is 7.70. The molecule has 0 saturated carbocycles. The van der Waals surface area contributed by atoms with Gasteiger partial charge in [-0.2, -0.15) is 8.42 Å². The number of amides is 1. The first-order valence-electron chi connectivity index (χ1n) is 5.09. The quantitative estimate of drug-likeness (QED) is 0.781. The standard InChI is InChI=1S/C11H12FNO3S/c1-11(2)6-7-5-8(17(12,15)16)3-4-9(7)13-10(11)14/h3-5H,6H2,1-2H3,(H,13,14). The second-order valence-electron chi connectivity index (χ2n) is 4.77. The zero-order chi connectivity index (χ0) is 12.8. The molecule has 1 aliphatic heterocycles. The summed E-state index contributed by atoms with van der Waals surface area (Å²) < 4.78 is 34.4. The van der Waals surface area contributed by atoms with E-state index >= 15 is 0 Å². The highest BCUT2D eigenvalue weighted by Crippen LogP contribution is 2.34. The number of hydrogen-bond donors (Lipinski definition) is 1. The summed E-state index contributed by atoms with van der Waals surface area (Å²) in [6.07, 6.45) is 0.386. The number of benzene rings is 1. The van der Waals surface area contributed by atoms with E-state index in [1.165, 1.54) is 12.1 Å². The Labute approximate surface area is 99.0 Å². The van der Waals surface area contributed by atoms with Gasteiger partial charge in [-0.05, 0) is 30.2 Å². The lowest BCUT2D eigenvalue weighted by Gasteiger charge is -2.30. The lowest BCUT2D eigenvalue weighted by atomic mass is 9.81. The zero-order valence-corrected chi connectivity index (χ0v) is 10.3. The fourth-order valence-corrected chi connectivity index (χ4v) is 2.35. The predicted molar refractivity (Wildman–Crippen MR) is 60.9 cm³/mol. The first kappa shape index (κ1) is 12.0. The zero-order valence-electron chi connectivity index (χ0n) is 9.45. The Bertz CT molecular complexity index is 593. The molecule has 2 rings (SSSR count). The van der Waals surface area contributed by atoms with Crippen LogP contribution in [0.2, 0.25) is 0 Å². The normalized spacial score (nSPS) is 18.4. The Kier molecular flexibility index (Phi) is 2.50. The SMILES string of the molecule is CC1(C)Cc2cc(S(=O)(=O)F)ccc2NC1=O. The van der Waals surface area contributed by atoms with Gasteiger partial charge in [-0.1, -0.05) is 13.8 Å². The average molecular weight is 257 g/mol. The molecule has 1 heterocycles. The third-order valence-corrected chi connectivity index (χ3v) is 3.67. The van der Waals surface area contributed by atoms with E-state index in [9.17, 15) is 17.1 Å². The van der Waals surface area contributed by atoms with Crippen LogP contribution in [0.3, 0.4) is 0 Å². The van der Waals surface area contributed by atoms with Crippen molar-refractivity contribution in [2.24, 2.45) is 5.41 Å². The molecule has 1 aromatic rings. The number of nitrogens with one attached hydrogen (secondary N) is 1. The topological polar surface area (TPSA) is 63.2 Å². The largest absolute Gasteiger partial charge is 0.332 e. The number of anilines is 1. The average Bonchev–Trinajstić information content (AvgIpc) is 2.17. The number of carbonyl (C=O) groups is 1. The number of fused-ring (bicyclic) bond motifs is 1. The van der Waals surface area contributed by atoms with Crippen molar-refractivity contribution in [3.8, 4) is 0 Å². The molecule has 1 N–H and O–H groups in total. The number of hydrogen-bond acceptors (Lipinski definition) is 3. The van der Waals surface area contributed by atoms with Gasteiger partial charge in [-0.25, -0.2) is 0 Å². The predicted octanol–water partition coefficient (Wildman–Crippen LogP) is 1.87. The molecule has 0 fully saturated rings. The van der Waals surface area contributed by atoms with E-state index < -0.39 is 15.6 Å². The summed E-state index contributed by atoms with van der Waals surface area (Å²) in [5.41, 5.74) is 0.557. The number of carbonyl (C=O) groups excluding carboxylic acids is 1. The lowest BCUT2D eigenvalue weighted by Crippen LogP contribution is -2.37. The molecule has 0 bridgehead atoms. The highest BCUT2D eigenvalue weighted by molar-refractivity contribution is 7.86. The van der Waals surface area contributed by atoms with Crippen LogP contribution in [-0.4, -0.2) is 14.3 Å². The molecule has 1 amide bonds. The molecule has 0 unspecified atom stereocenters. The molecule has 1 aliphatic rings. The lowest BCUT2D eigenvalue weighted by molar-refractivity contribution is -0.124. The number of rotatable bonds is 1. The summed E-state index contributed by atoms with van der Waals surface area (Å²) in [5, 5.41) is 2.67. The third kappa shape index (κ3) is 2.17. The highest BCUT2D eigenvalue weighted by atomic mass is 32.3. The van der Waals surface area contributed by atoms with Gasteiger partial charge in [-0.15, -0.1) is 3.89 Å². The molecule has 0 spiro atoms. The van der Waals surface area contributed by atoms with E-state index in [4.69, 9.17) is 0 Å². The van der Waals surface area contributed by atoms with Gasteiger partial charge in [0, 0.05) is 11.1 Å². The van der Waals surface area contributed by atoms with Crippen molar-refractivity contribution in [1.82, 2.24) is 0 Å². The van der Waals surface area contributed by atoms with Gasteiger partial charge in [0.25, 0.3) is 0 Å². The van der Waals surface area contributed by atoms with E-state index in [0.29, 0.717) is 17.7 Å². The first-order valence-corrected chi connectivity index (χ1v) is 6.47. The maximum absolute atomic E-state index is 12.8. The molecule has 1 aromatic carbocycles. The summed E-state index contributed by atoms with van der Waals surface area (Å²) in [7, 11) is -4.70. The van der Waals surface area contributed by atoms with Crippen molar-refractivity contribution in [1.29, 1.82) is 0 Å².